The van der Waals surface area contributed by atoms with Crippen molar-refractivity contribution in [2.24, 2.45) is 5.73 Å². The van der Waals surface area contributed by atoms with Crippen LogP contribution in [0.2, 0.25) is 0 Å². The molecule has 0 heterocycles. The number of carbonyl (C=O) groups is 2. The molecule has 0 saturated heterocycles. The molecule has 2 amide bonds. The lowest BCUT2D eigenvalue weighted by Gasteiger charge is -2.24. The van der Waals surface area contributed by atoms with Gasteiger partial charge in [-0.1, -0.05) is 86.1 Å². The van der Waals surface area contributed by atoms with E-state index in [9.17, 15) is 9.59 Å². The zero-order valence-electron chi connectivity index (χ0n) is 27.8. The van der Waals surface area contributed by atoms with Crippen molar-refractivity contribution in [1.82, 2.24) is 14.9 Å². The summed E-state index contributed by atoms with van der Waals surface area (Å²) in [5.74, 6) is 0.272. The van der Waals surface area contributed by atoms with Crippen LogP contribution in [0.3, 0.4) is 0 Å². The first-order valence-corrected chi connectivity index (χ1v) is 18.6. The zero-order valence-corrected chi connectivity index (χ0v) is 29.5. The van der Waals surface area contributed by atoms with Crippen LogP contribution in [0.15, 0.2) is 102 Å². The zero-order chi connectivity index (χ0) is 33.4. The van der Waals surface area contributed by atoms with Gasteiger partial charge < -0.3 is 11.1 Å². The molecule has 8 heteroatoms. The minimum absolute atomic E-state index is 0.223. The number of unbranched alkanes of at least 4 members (excludes halogenated alkanes) is 1. The van der Waals surface area contributed by atoms with Gasteiger partial charge in [-0.05, 0) is 114 Å². The Bertz CT molecular complexity index is 1560. The molecule has 47 heavy (non-hydrogen) atoms. The molecule has 0 spiro atoms. The minimum atomic E-state index is -0.669. The highest BCUT2D eigenvalue weighted by Gasteiger charge is 2.24. The molecule has 4 aromatic rings. The molecule has 4 N–H and O–H groups in total. The number of thioether (sulfide) groups is 1. The fourth-order valence-corrected chi connectivity index (χ4v) is 6.55. The minimum Gasteiger partial charge on any atom is -0.340 e. The number of hydrogen-bond donors (Lipinski definition) is 3. The number of hydrogen-bond acceptors (Lipinski definition) is 6. The molecule has 248 valence electrons. The van der Waals surface area contributed by atoms with Crippen molar-refractivity contribution >= 4 is 35.5 Å². The maximum atomic E-state index is 14.0. The standard InChI is InChI=1S/C39H48N4O2S2/c1-4-5-23-43(24-21-30-12-7-6-8-13-30)28-32-17-20-35(36(26-32)34-14-10-9-11-29(34)2)38(44)41-37(22-25-46-3)39(45)42-47-33-18-15-31(27-40)16-19-33/h6-20,26,37H,4-5,21-25,27-28,40H2,1-3H3,(H,41,44)(H,42,45). The van der Waals surface area contributed by atoms with E-state index < -0.39 is 6.04 Å². The Labute approximate surface area is 289 Å². The first-order chi connectivity index (χ1) is 22.9. The Hall–Kier alpha value is -3.56. The number of aryl methyl sites for hydroxylation is 1. The lowest BCUT2D eigenvalue weighted by atomic mass is 9.93. The van der Waals surface area contributed by atoms with Crippen LogP contribution in [0, 0.1) is 6.92 Å². The van der Waals surface area contributed by atoms with Crippen LogP contribution in [0.4, 0.5) is 0 Å². The predicted molar refractivity (Wildman–Crippen MR) is 200 cm³/mol. The van der Waals surface area contributed by atoms with Gasteiger partial charge >= 0.3 is 0 Å². The molecule has 1 unspecified atom stereocenters. The summed E-state index contributed by atoms with van der Waals surface area (Å²) in [6.45, 7) is 7.56. The van der Waals surface area contributed by atoms with E-state index in [2.05, 4.69) is 83.4 Å². The summed E-state index contributed by atoms with van der Waals surface area (Å²) in [5.41, 5.74) is 12.8. The van der Waals surface area contributed by atoms with Crippen LogP contribution < -0.4 is 15.8 Å². The highest BCUT2D eigenvalue weighted by atomic mass is 32.2. The normalized spacial score (nSPS) is 11.8. The maximum Gasteiger partial charge on any atom is 0.252 e. The lowest BCUT2D eigenvalue weighted by Crippen LogP contribution is -2.45. The van der Waals surface area contributed by atoms with Crippen LogP contribution in [-0.4, -0.2) is 47.9 Å². The second-order valence-corrected chi connectivity index (χ2v) is 13.6. The van der Waals surface area contributed by atoms with Gasteiger partial charge in [0.25, 0.3) is 11.8 Å². The van der Waals surface area contributed by atoms with E-state index in [1.807, 2.05) is 48.7 Å². The first kappa shape index (κ1) is 36.3. The monoisotopic (exact) mass is 668 g/mol. The van der Waals surface area contributed by atoms with Crippen LogP contribution in [0.1, 0.15) is 58.8 Å². The van der Waals surface area contributed by atoms with Gasteiger partial charge in [0.05, 0.1) is 0 Å². The fourth-order valence-electron chi connectivity index (χ4n) is 5.44. The quantitative estimate of drug-likeness (QED) is 0.0945. The summed E-state index contributed by atoms with van der Waals surface area (Å²) < 4.78 is 2.95. The van der Waals surface area contributed by atoms with Crippen molar-refractivity contribution < 1.29 is 9.59 Å². The fraction of sp³-hybridized carbons (Fsp3) is 0.333. The summed E-state index contributed by atoms with van der Waals surface area (Å²) in [4.78, 5) is 30.8. The van der Waals surface area contributed by atoms with E-state index >= 15 is 0 Å². The number of carbonyl (C=O) groups excluding carboxylic acids is 2. The van der Waals surface area contributed by atoms with Crippen LogP contribution in [0.25, 0.3) is 11.1 Å². The molecular weight excluding hydrogens is 621 g/mol. The highest BCUT2D eigenvalue weighted by molar-refractivity contribution is 7.98. The Morgan fingerprint density at radius 3 is 2.28 bits per heavy atom. The summed E-state index contributed by atoms with van der Waals surface area (Å²) in [7, 11) is 0. The summed E-state index contributed by atoms with van der Waals surface area (Å²) in [6, 6.07) is 32.0. The summed E-state index contributed by atoms with van der Waals surface area (Å²) in [5, 5.41) is 3.07. The van der Waals surface area contributed by atoms with E-state index in [0.29, 0.717) is 18.5 Å². The molecule has 0 saturated carbocycles. The van der Waals surface area contributed by atoms with Gasteiger partial charge in [0.15, 0.2) is 0 Å². The molecule has 0 aliphatic carbocycles. The molecule has 4 aromatic carbocycles. The van der Waals surface area contributed by atoms with Crippen molar-refractivity contribution in [3.63, 3.8) is 0 Å². The van der Waals surface area contributed by atoms with E-state index in [0.717, 1.165) is 77.4 Å². The molecule has 0 aliphatic heterocycles. The number of amides is 2. The maximum absolute atomic E-state index is 14.0. The second kappa shape index (κ2) is 19.3. The third-order valence-electron chi connectivity index (χ3n) is 8.22. The topological polar surface area (TPSA) is 87.5 Å². The molecule has 0 radical (unpaired) electrons. The third-order valence-corrected chi connectivity index (χ3v) is 9.67. The molecule has 0 aromatic heterocycles. The Balaban J connectivity index is 1.55. The van der Waals surface area contributed by atoms with Gasteiger partial charge in [-0.2, -0.15) is 11.8 Å². The number of rotatable bonds is 18. The van der Waals surface area contributed by atoms with Gasteiger partial charge in [-0.3, -0.25) is 19.2 Å². The largest absolute Gasteiger partial charge is 0.340 e. The number of benzene rings is 4. The lowest BCUT2D eigenvalue weighted by molar-refractivity contribution is -0.121. The smallest absolute Gasteiger partial charge is 0.252 e. The molecule has 0 aliphatic rings. The number of nitrogens with two attached hydrogens (primary N) is 1. The van der Waals surface area contributed by atoms with Crippen LogP contribution >= 0.6 is 23.7 Å². The highest BCUT2D eigenvalue weighted by Crippen LogP contribution is 2.29. The Morgan fingerprint density at radius 2 is 1.57 bits per heavy atom. The van der Waals surface area contributed by atoms with Gasteiger partial charge in [0.1, 0.15) is 6.04 Å². The van der Waals surface area contributed by atoms with Gasteiger partial charge in [-0.25, -0.2) is 0 Å². The molecule has 0 fully saturated rings. The van der Waals surface area contributed by atoms with E-state index in [-0.39, 0.29) is 11.8 Å². The average Bonchev–Trinajstić information content (AvgIpc) is 3.10. The third kappa shape index (κ3) is 11.3. The Morgan fingerprint density at radius 1 is 0.851 bits per heavy atom. The van der Waals surface area contributed by atoms with Crippen molar-refractivity contribution in [1.29, 1.82) is 0 Å². The molecule has 4 rings (SSSR count). The van der Waals surface area contributed by atoms with E-state index in [4.69, 9.17) is 5.73 Å². The first-order valence-electron chi connectivity index (χ1n) is 16.4. The Kier molecular flexibility index (Phi) is 14.9. The van der Waals surface area contributed by atoms with E-state index in [1.165, 1.54) is 17.5 Å². The number of nitrogens with zero attached hydrogens (tertiary/aromatic N) is 1. The predicted octanol–water partition coefficient (Wildman–Crippen LogP) is 7.64. The van der Waals surface area contributed by atoms with Gasteiger partial charge in [0.2, 0.25) is 0 Å². The molecule has 6 nitrogen and oxygen atoms in total. The van der Waals surface area contributed by atoms with Crippen LogP contribution in [-0.2, 0) is 24.3 Å². The van der Waals surface area contributed by atoms with Crippen LogP contribution in [0.5, 0.6) is 0 Å². The molecule has 0 bridgehead atoms. The summed E-state index contributed by atoms with van der Waals surface area (Å²) in [6.07, 6.45) is 5.79. The van der Waals surface area contributed by atoms with E-state index in [1.54, 1.807) is 11.8 Å². The molecule has 1 atom stereocenters. The van der Waals surface area contributed by atoms with Crippen molar-refractivity contribution in [3.05, 3.63) is 125 Å². The second-order valence-electron chi connectivity index (χ2n) is 11.8. The van der Waals surface area contributed by atoms with Crippen molar-refractivity contribution in [3.8, 4) is 11.1 Å². The summed E-state index contributed by atoms with van der Waals surface area (Å²) >= 11 is 2.90. The number of nitrogens with one attached hydrogen (secondary N) is 2. The van der Waals surface area contributed by atoms with Crippen molar-refractivity contribution in [2.45, 2.75) is 63.6 Å². The van der Waals surface area contributed by atoms with Gasteiger partial charge in [0, 0.05) is 30.1 Å². The van der Waals surface area contributed by atoms with Crippen molar-refractivity contribution in [2.75, 3.05) is 25.1 Å². The van der Waals surface area contributed by atoms with Gasteiger partial charge in [-0.15, -0.1) is 0 Å². The molecular formula is C39H48N4O2S2. The average molecular weight is 669 g/mol. The SMILES string of the molecule is CCCCN(CCc1ccccc1)Cc1ccc(C(=O)NC(CCSC)C(=O)NSc2ccc(CN)cc2)c(-c2ccccc2C)c1.